The molecule has 0 aliphatic carbocycles. The largest absolute Gasteiger partial charge is 0.396 e. The van der Waals surface area contributed by atoms with Gasteiger partial charge in [-0.25, -0.2) is 4.39 Å². The summed E-state index contributed by atoms with van der Waals surface area (Å²) in [5, 5.41) is 8.89. The lowest BCUT2D eigenvalue weighted by molar-refractivity contribution is 0.277. The van der Waals surface area contributed by atoms with E-state index in [1.807, 2.05) is 18.0 Å². The van der Waals surface area contributed by atoms with Crippen molar-refractivity contribution in [3.63, 3.8) is 0 Å². The molecule has 1 aromatic rings. The molecular formula is C11H14FNO. The van der Waals surface area contributed by atoms with Crippen LogP contribution in [0.25, 0.3) is 0 Å². The van der Waals surface area contributed by atoms with Crippen molar-refractivity contribution < 1.29 is 9.50 Å². The molecule has 3 heteroatoms. The maximum absolute atomic E-state index is 13.5. The molecule has 1 aromatic carbocycles. The van der Waals surface area contributed by atoms with E-state index in [-0.39, 0.29) is 18.3 Å². The van der Waals surface area contributed by atoms with Gasteiger partial charge in [-0.05, 0) is 18.6 Å². The molecule has 1 unspecified atom stereocenters. The van der Waals surface area contributed by atoms with E-state index in [4.69, 9.17) is 5.11 Å². The fourth-order valence-corrected chi connectivity index (χ4v) is 2.17. The Morgan fingerprint density at radius 3 is 3.07 bits per heavy atom. The highest BCUT2D eigenvalue weighted by Crippen LogP contribution is 2.38. The monoisotopic (exact) mass is 195 g/mol. The van der Waals surface area contributed by atoms with Crippen molar-refractivity contribution in [2.24, 2.45) is 0 Å². The van der Waals surface area contributed by atoms with Gasteiger partial charge in [0, 0.05) is 37.4 Å². The highest BCUT2D eigenvalue weighted by atomic mass is 19.1. The Hall–Kier alpha value is -1.09. The molecule has 1 aliphatic rings. The standard InChI is InChI=1S/C11H14FNO/c1-13-7-8(5-6-14)11-9(12)3-2-4-10(11)13/h2-4,8,14H,5-7H2,1H3. The number of nitrogens with zero attached hydrogens (tertiary/aromatic N) is 1. The van der Waals surface area contributed by atoms with Crippen LogP contribution in [-0.2, 0) is 0 Å². The zero-order chi connectivity index (χ0) is 10.1. The van der Waals surface area contributed by atoms with Crippen LogP contribution in [0.4, 0.5) is 10.1 Å². The minimum absolute atomic E-state index is 0.117. The topological polar surface area (TPSA) is 23.5 Å². The van der Waals surface area contributed by atoms with Gasteiger partial charge in [0.15, 0.2) is 0 Å². The van der Waals surface area contributed by atoms with Crippen molar-refractivity contribution in [1.82, 2.24) is 0 Å². The molecule has 14 heavy (non-hydrogen) atoms. The Morgan fingerprint density at radius 2 is 2.36 bits per heavy atom. The Bertz CT molecular complexity index is 340. The normalized spacial score (nSPS) is 19.9. The predicted molar refractivity (Wildman–Crippen MR) is 54.1 cm³/mol. The summed E-state index contributed by atoms with van der Waals surface area (Å²) in [7, 11) is 1.95. The molecule has 0 amide bonds. The number of hydrogen-bond acceptors (Lipinski definition) is 2. The van der Waals surface area contributed by atoms with Crippen molar-refractivity contribution in [2.45, 2.75) is 12.3 Å². The Balaban J connectivity index is 2.40. The van der Waals surface area contributed by atoms with E-state index in [1.54, 1.807) is 6.07 Å². The maximum Gasteiger partial charge on any atom is 0.128 e. The molecule has 0 bridgehead atoms. The lowest BCUT2D eigenvalue weighted by Gasteiger charge is -2.11. The van der Waals surface area contributed by atoms with Gasteiger partial charge in [0.1, 0.15) is 5.82 Å². The maximum atomic E-state index is 13.5. The molecule has 1 heterocycles. The van der Waals surface area contributed by atoms with Crippen molar-refractivity contribution in [3.8, 4) is 0 Å². The third-order valence-corrected chi connectivity index (χ3v) is 2.82. The molecule has 1 N–H and O–H groups in total. The molecule has 0 spiro atoms. The van der Waals surface area contributed by atoms with Crippen LogP contribution >= 0.6 is 0 Å². The van der Waals surface area contributed by atoms with Crippen molar-refractivity contribution >= 4 is 5.69 Å². The van der Waals surface area contributed by atoms with Gasteiger partial charge < -0.3 is 10.0 Å². The van der Waals surface area contributed by atoms with Gasteiger partial charge in [-0.3, -0.25) is 0 Å². The van der Waals surface area contributed by atoms with E-state index in [0.717, 1.165) is 17.8 Å². The Morgan fingerprint density at radius 1 is 1.57 bits per heavy atom. The molecule has 76 valence electrons. The van der Waals surface area contributed by atoms with E-state index in [2.05, 4.69) is 0 Å². The molecule has 0 saturated heterocycles. The lowest BCUT2D eigenvalue weighted by atomic mass is 9.98. The summed E-state index contributed by atoms with van der Waals surface area (Å²) in [5.41, 5.74) is 1.73. The van der Waals surface area contributed by atoms with Crippen LogP contribution in [0, 0.1) is 5.82 Å². The second-order valence-corrected chi connectivity index (χ2v) is 3.76. The fraction of sp³-hybridized carbons (Fsp3) is 0.455. The summed E-state index contributed by atoms with van der Waals surface area (Å²) in [6.07, 6.45) is 0.637. The highest BCUT2D eigenvalue weighted by Gasteiger charge is 2.28. The number of halogens is 1. The van der Waals surface area contributed by atoms with Crippen molar-refractivity contribution in [1.29, 1.82) is 0 Å². The quantitative estimate of drug-likeness (QED) is 0.777. The van der Waals surface area contributed by atoms with E-state index in [9.17, 15) is 4.39 Å². The molecular weight excluding hydrogens is 181 g/mol. The lowest BCUT2D eigenvalue weighted by Crippen LogP contribution is -2.15. The minimum Gasteiger partial charge on any atom is -0.396 e. The Kier molecular flexibility index (Phi) is 2.42. The van der Waals surface area contributed by atoms with Crippen LogP contribution < -0.4 is 4.90 Å². The van der Waals surface area contributed by atoms with Crippen LogP contribution in [0.2, 0.25) is 0 Å². The average molecular weight is 195 g/mol. The van der Waals surface area contributed by atoms with Gasteiger partial charge in [0.25, 0.3) is 0 Å². The van der Waals surface area contributed by atoms with Gasteiger partial charge in [-0.2, -0.15) is 0 Å². The number of fused-ring (bicyclic) bond motifs is 1. The molecule has 1 aliphatic heterocycles. The zero-order valence-corrected chi connectivity index (χ0v) is 8.20. The molecule has 0 saturated carbocycles. The summed E-state index contributed by atoms with van der Waals surface area (Å²) in [6, 6.07) is 5.14. The summed E-state index contributed by atoms with van der Waals surface area (Å²) in [4.78, 5) is 2.04. The van der Waals surface area contributed by atoms with Gasteiger partial charge in [-0.15, -0.1) is 0 Å². The average Bonchev–Trinajstić information content (AvgIpc) is 2.46. The number of rotatable bonds is 2. The van der Waals surface area contributed by atoms with Gasteiger partial charge in [0.05, 0.1) is 0 Å². The first-order valence-corrected chi connectivity index (χ1v) is 4.84. The number of aliphatic hydroxyl groups excluding tert-OH is 1. The molecule has 1 atom stereocenters. The van der Waals surface area contributed by atoms with E-state index >= 15 is 0 Å². The summed E-state index contributed by atoms with van der Waals surface area (Å²) < 4.78 is 13.5. The van der Waals surface area contributed by atoms with Gasteiger partial charge >= 0.3 is 0 Å². The SMILES string of the molecule is CN1CC(CCO)c2c(F)cccc21. The minimum atomic E-state index is -0.148. The number of likely N-dealkylation sites (N-methyl/N-ethyl adjacent to an activating group) is 1. The third kappa shape index (κ3) is 1.38. The Labute approximate surface area is 83.0 Å². The molecule has 0 fully saturated rings. The zero-order valence-electron chi connectivity index (χ0n) is 8.20. The summed E-state index contributed by atoms with van der Waals surface area (Å²) in [5.74, 6) is -0.00787. The number of aliphatic hydroxyl groups is 1. The number of anilines is 1. The highest BCUT2D eigenvalue weighted by molar-refractivity contribution is 5.60. The first-order valence-electron chi connectivity index (χ1n) is 4.84. The second kappa shape index (κ2) is 3.58. The molecule has 2 nitrogen and oxygen atoms in total. The first kappa shape index (κ1) is 9.46. The molecule has 0 radical (unpaired) electrons. The van der Waals surface area contributed by atoms with Crippen LogP contribution in [0.5, 0.6) is 0 Å². The van der Waals surface area contributed by atoms with E-state index in [0.29, 0.717) is 6.42 Å². The predicted octanol–water partition coefficient (Wildman–Crippen LogP) is 1.74. The first-order chi connectivity index (χ1) is 6.74. The molecule has 0 aromatic heterocycles. The van der Waals surface area contributed by atoms with Crippen LogP contribution in [0.15, 0.2) is 18.2 Å². The van der Waals surface area contributed by atoms with Crippen LogP contribution in [-0.4, -0.2) is 25.3 Å². The van der Waals surface area contributed by atoms with Gasteiger partial charge in [0.2, 0.25) is 0 Å². The number of benzene rings is 1. The summed E-state index contributed by atoms with van der Waals surface area (Å²) >= 11 is 0. The van der Waals surface area contributed by atoms with Crippen LogP contribution in [0.3, 0.4) is 0 Å². The van der Waals surface area contributed by atoms with E-state index in [1.165, 1.54) is 6.07 Å². The molecule has 2 rings (SSSR count). The second-order valence-electron chi connectivity index (χ2n) is 3.76. The van der Waals surface area contributed by atoms with E-state index < -0.39 is 0 Å². The third-order valence-electron chi connectivity index (χ3n) is 2.82. The van der Waals surface area contributed by atoms with Gasteiger partial charge in [-0.1, -0.05) is 6.07 Å². The summed E-state index contributed by atoms with van der Waals surface area (Å²) in [6.45, 7) is 0.920. The smallest absolute Gasteiger partial charge is 0.128 e. The van der Waals surface area contributed by atoms with Crippen LogP contribution in [0.1, 0.15) is 17.9 Å². The fourth-order valence-electron chi connectivity index (χ4n) is 2.17. The van der Waals surface area contributed by atoms with Crippen molar-refractivity contribution in [2.75, 3.05) is 25.1 Å². The van der Waals surface area contributed by atoms with Crippen molar-refractivity contribution in [3.05, 3.63) is 29.6 Å². The number of hydrogen-bond donors (Lipinski definition) is 1.